The number of nitrogens with zero attached hydrogens (tertiary/aromatic N) is 1. The van der Waals surface area contributed by atoms with Gasteiger partial charge in [-0.05, 0) is 48.8 Å². The van der Waals surface area contributed by atoms with Gasteiger partial charge >= 0.3 is 0 Å². The van der Waals surface area contributed by atoms with E-state index in [9.17, 15) is 4.79 Å². The quantitative estimate of drug-likeness (QED) is 0.787. The van der Waals surface area contributed by atoms with E-state index in [1.807, 2.05) is 30.3 Å². The van der Waals surface area contributed by atoms with Gasteiger partial charge in [0.05, 0.1) is 6.61 Å². The summed E-state index contributed by atoms with van der Waals surface area (Å²) < 4.78 is 5.82. The Hall–Kier alpha value is -2.40. The van der Waals surface area contributed by atoms with Gasteiger partial charge in [0.1, 0.15) is 5.75 Å². The molecule has 1 fully saturated rings. The number of ether oxygens (including phenoxy) is 1. The van der Waals surface area contributed by atoms with E-state index in [1.165, 1.54) is 18.4 Å². The molecule has 2 aromatic carbocycles. The summed E-state index contributed by atoms with van der Waals surface area (Å²) in [6.07, 6.45) is 5.54. The molecule has 0 aromatic heterocycles. The van der Waals surface area contributed by atoms with Crippen molar-refractivity contribution in [2.45, 2.75) is 32.1 Å². The van der Waals surface area contributed by atoms with Crippen LogP contribution in [0.5, 0.6) is 5.75 Å². The summed E-state index contributed by atoms with van der Waals surface area (Å²) in [4.78, 5) is 14.6. The summed E-state index contributed by atoms with van der Waals surface area (Å²) in [7, 11) is 0. The first-order valence-electron chi connectivity index (χ1n) is 9.59. The van der Waals surface area contributed by atoms with Gasteiger partial charge in [0.15, 0.2) is 5.11 Å². The molecule has 4 nitrogen and oxygen atoms in total. The summed E-state index contributed by atoms with van der Waals surface area (Å²) in [6.45, 7) is 2.41. The molecule has 1 saturated heterocycles. The van der Waals surface area contributed by atoms with Crippen LogP contribution in [-0.4, -0.2) is 35.6 Å². The van der Waals surface area contributed by atoms with Gasteiger partial charge in [0.25, 0.3) is 5.91 Å². The average molecular weight is 383 g/mol. The van der Waals surface area contributed by atoms with Gasteiger partial charge in [-0.15, -0.1) is 0 Å². The highest BCUT2D eigenvalue weighted by Gasteiger charge is 2.15. The third kappa shape index (κ3) is 6.07. The number of benzene rings is 2. The molecule has 142 valence electrons. The van der Waals surface area contributed by atoms with Crippen LogP contribution in [0.4, 0.5) is 0 Å². The van der Waals surface area contributed by atoms with Crippen molar-refractivity contribution in [1.29, 1.82) is 0 Å². The first-order chi connectivity index (χ1) is 13.2. The Morgan fingerprint density at radius 2 is 1.74 bits per heavy atom. The maximum absolute atomic E-state index is 12.6. The Bertz CT molecular complexity index is 756. The number of thiocarbonyl (C=S) groups is 1. The monoisotopic (exact) mass is 382 g/mol. The smallest absolute Gasteiger partial charge is 0.257 e. The number of carbonyl (C=O) groups is 1. The number of carbonyl (C=O) groups excluding carboxylic acids is 1. The van der Waals surface area contributed by atoms with Crippen LogP contribution < -0.4 is 10.1 Å². The number of rotatable bonds is 5. The van der Waals surface area contributed by atoms with Crippen molar-refractivity contribution in [3.05, 3.63) is 65.7 Å². The zero-order valence-corrected chi connectivity index (χ0v) is 16.3. The molecule has 1 aliphatic rings. The second-order valence-electron chi connectivity index (χ2n) is 6.77. The Balaban J connectivity index is 1.52. The summed E-state index contributed by atoms with van der Waals surface area (Å²) in [5.41, 5.74) is 1.79. The summed E-state index contributed by atoms with van der Waals surface area (Å²) in [5, 5.41) is 3.39. The van der Waals surface area contributed by atoms with E-state index < -0.39 is 0 Å². The van der Waals surface area contributed by atoms with E-state index in [0.717, 1.165) is 32.4 Å². The second-order valence-corrected chi connectivity index (χ2v) is 7.16. The van der Waals surface area contributed by atoms with Crippen molar-refractivity contribution < 1.29 is 9.53 Å². The van der Waals surface area contributed by atoms with E-state index in [2.05, 4.69) is 22.3 Å². The van der Waals surface area contributed by atoms with Crippen molar-refractivity contribution in [1.82, 2.24) is 10.2 Å². The molecule has 0 radical (unpaired) electrons. The van der Waals surface area contributed by atoms with E-state index in [1.54, 1.807) is 12.1 Å². The van der Waals surface area contributed by atoms with Crippen LogP contribution in [0.1, 0.15) is 41.6 Å². The molecule has 2 aromatic rings. The van der Waals surface area contributed by atoms with E-state index >= 15 is 0 Å². The lowest BCUT2D eigenvalue weighted by atomic mass is 10.2. The Morgan fingerprint density at radius 3 is 2.48 bits per heavy atom. The molecule has 0 atom stereocenters. The number of amides is 1. The SMILES string of the molecule is O=C(NC(=S)N1CCCCCC1)c1cccc(OCCc2ccccc2)c1. The predicted octanol–water partition coefficient (Wildman–Crippen LogP) is 4.20. The summed E-state index contributed by atoms with van der Waals surface area (Å²) in [5.74, 6) is 0.511. The van der Waals surface area contributed by atoms with Crippen molar-refractivity contribution >= 4 is 23.2 Å². The molecule has 0 unspecified atom stereocenters. The maximum Gasteiger partial charge on any atom is 0.257 e. The minimum Gasteiger partial charge on any atom is -0.493 e. The third-order valence-electron chi connectivity index (χ3n) is 4.71. The molecule has 3 rings (SSSR count). The van der Waals surface area contributed by atoms with Crippen molar-refractivity contribution in [3.63, 3.8) is 0 Å². The Labute approximate surface area is 166 Å². The maximum atomic E-state index is 12.6. The molecule has 27 heavy (non-hydrogen) atoms. The average Bonchev–Trinajstić information content (AvgIpc) is 2.99. The van der Waals surface area contributed by atoms with Gasteiger partial charge in [-0.3, -0.25) is 10.1 Å². The molecule has 0 bridgehead atoms. The fourth-order valence-electron chi connectivity index (χ4n) is 3.18. The standard InChI is InChI=1S/C22H26N2O2S/c25-21(23-22(27)24-14-6-1-2-7-15-24)19-11-8-12-20(17-19)26-16-13-18-9-4-3-5-10-18/h3-5,8-12,17H,1-2,6-7,13-16H2,(H,23,25,27). The van der Waals surface area contributed by atoms with E-state index in [-0.39, 0.29) is 5.91 Å². The summed E-state index contributed by atoms with van der Waals surface area (Å²) in [6, 6.07) is 17.5. The molecule has 1 N–H and O–H groups in total. The van der Waals surface area contributed by atoms with Gasteiger partial charge in [-0.2, -0.15) is 0 Å². The highest BCUT2D eigenvalue weighted by Crippen LogP contribution is 2.15. The lowest BCUT2D eigenvalue weighted by Crippen LogP contribution is -2.43. The van der Waals surface area contributed by atoms with Gasteiger partial charge in [0, 0.05) is 25.1 Å². The van der Waals surface area contributed by atoms with Crippen LogP contribution in [0.2, 0.25) is 0 Å². The van der Waals surface area contributed by atoms with Crippen LogP contribution in [0.3, 0.4) is 0 Å². The molecule has 1 aliphatic heterocycles. The van der Waals surface area contributed by atoms with Gasteiger partial charge < -0.3 is 9.64 Å². The van der Waals surface area contributed by atoms with Crippen LogP contribution in [0, 0.1) is 0 Å². The van der Waals surface area contributed by atoms with Crippen LogP contribution in [0.25, 0.3) is 0 Å². The Morgan fingerprint density at radius 1 is 1.00 bits per heavy atom. The van der Waals surface area contributed by atoms with Crippen LogP contribution in [-0.2, 0) is 6.42 Å². The molecular formula is C22H26N2O2S. The molecule has 0 spiro atoms. The largest absolute Gasteiger partial charge is 0.493 e. The van der Waals surface area contributed by atoms with Crippen LogP contribution in [0.15, 0.2) is 54.6 Å². The van der Waals surface area contributed by atoms with Gasteiger partial charge in [0.2, 0.25) is 0 Å². The number of nitrogens with one attached hydrogen (secondary N) is 1. The molecule has 0 saturated carbocycles. The summed E-state index contributed by atoms with van der Waals surface area (Å²) >= 11 is 5.43. The first-order valence-corrected chi connectivity index (χ1v) is 10.0. The number of hydrogen-bond acceptors (Lipinski definition) is 3. The highest BCUT2D eigenvalue weighted by atomic mass is 32.1. The third-order valence-corrected chi connectivity index (χ3v) is 5.07. The normalized spacial score (nSPS) is 14.3. The fraction of sp³-hybridized carbons (Fsp3) is 0.364. The van der Waals surface area contributed by atoms with Crippen molar-refractivity contribution in [2.24, 2.45) is 0 Å². The van der Waals surface area contributed by atoms with Crippen LogP contribution >= 0.6 is 12.2 Å². The van der Waals surface area contributed by atoms with Crippen molar-refractivity contribution in [2.75, 3.05) is 19.7 Å². The predicted molar refractivity (Wildman–Crippen MR) is 112 cm³/mol. The zero-order valence-electron chi connectivity index (χ0n) is 15.5. The molecule has 1 heterocycles. The minimum atomic E-state index is -0.183. The second kappa shape index (κ2) is 10.1. The minimum absolute atomic E-state index is 0.183. The lowest BCUT2D eigenvalue weighted by Gasteiger charge is -2.23. The zero-order chi connectivity index (χ0) is 18.9. The van der Waals surface area contributed by atoms with E-state index in [0.29, 0.717) is 23.0 Å². The topological polar surface area (TPSA) is 41.6 Å². The fourth-order valence-corrected chi connectivity index (χ4v) is 3.46. The molecule has 1 amide bonds. The molecular weight excluding hydrogens is 356 g/mol. The van der Waals surface area contributed by atoms with Gasteiger partial charge in [-0.25, -0.2) is 0 Å². The molecule has 5 heteroatoms. The lowest BCUT2D eigenvalue weighted by molar-refractivity contribution is 0.0973. The number of likely N-dealkylation sites (tertiary alicyclic amines) is 1. The first kappa shape index (κ1) is 19.4. The van der Waals surface area contributed by atoms with Gasteiger partial charge in [-0.1, -0.05) is 49.2 Å². The Kier molecular flexibility index (Phi) is 7.22. The highest BCUT2D eigenvalue weighted by molar-refractivity contribution is 7.80. The number of hydrogen-bond donors (Lipinski definition) is 1. The van der Waals surface area contributed by atoms with Crippen molar-refractivity contribution in [3.8, 4) is 5.75 Å². The molecule has 0 aliphatic carbocycles. The van der Waals surface area contributed by atoms with E-state index in [4.69, 9.17) is 17.0 Å².